The summed E-state index contributed by atoms with van der Waals surface area (Å²) in [5, 5.41) is 2.73. The summed E-state index contributed by atoms with van der Waals surface area (Å²) in [4.78, 5) is 24.7. The minimum Gasteiger partial charge on any atom is -0.488 e. The van der Waals surface area contributed by atoms with Gasteiger partial charge in [0.25, 0.3) is 5.91 Å². The lowest BCUT2D eigenvalue weighted by Gasteiger charge is -2.12. The zero-order chi connectivity index (χ0) is 22.2. The molecule has 0 aromatic heterocycles. The zero-order valence-electron chi connectivity index (χ0n) is 18.1. The smallest absolute Gasteiger partial charge is 0.342 e. The van der Waals surface area contributed by atoms with Crippen LogP contribution in [0.1, 0.15) is 46.8 Å². The number of nitrogens with one attached hydrogen (secondary N) is 1. The van der Waals surface area contributed by atoms with Crippen molar-refractivity contribution in [1.82, 2.24) is 0 Å². The van der Waals surface area contributed by atoms with Crippen LogP contribution < -0.4 is 10.1 Å². The molecule has 5 nitrogen and oxygen atoms in total. The lowest BCUT2D eigenvalue weighted by atomic mass is 10.0. The van der Waals surface area contributed by atoms with Crippen LogP contribution in [0.5, 0.6) is 5.75 Å². The molecular formula is C26H27NO4. The van der Waals surface area contributed by atoms with E-state index in [9.17, 15) is 9.59 Å². The Hall–Kier alpha value is -3.60. The van der Waals surface area contributed by atoms with Gasteiger partial charge in [-0.2, -0.15) is 0 Å². The van der Waals surface area contributed by atoms with Gasteiger partial charge >= 0.3 is 5.97 Å². The molecule has 0 spiro atoms. The number of hydrogen-bond acceptors (Lipinski definition) is 4. The number of ether oxygens (including phenoxy) is 2. The highest BCUT2D eigenvalue weighted by molar-refractivity contribution is 5.96. The van der Waals surface area contributed by atoms with Crippen LogP contribution in [0.3, 0.4) is 0 Å². The van der Waals surface area contributed by atoms with Crippen molar-refractivity contribution in [2.24, 2.45) is 0 Å². The molecule has 0 aliphatic carbocycles. The third-order valence-electron chi connectivity index (χ3n) is 4.78. The van der Waals surface area contributed by atoms with E-state index in [4.69, 9.17) is 9.47 Å². The number of esters is 1. The van der Waals surface area contributed by atoms with Gasteiger partial charge in [-0.1, -0.05) is 67.9 Å². The van der Waals surface area contributed by atoms with E-state index in [0.717, 1.165) is 11.1 Å². The number of rotatable bonds is 8. The Labute approximate surface area is 183 Å². The zero-order valence-corrected chi connectivity index (χ0v) is 18.1. The number of para-hydroxylation sites is 1. The van der Waals surface area contributed by atoms with Gasteiger partial charge in [-0.25, -0.2) is 4.79 Å². The summed E-state index contributed by atoms with van der Waals surface area (Å²) >= 11 is 0. The first-order chi connectivity index (χ1) is 14.9. The minimum atomic E-state index is -0.606. The third kappa shape index (κ3) is 6.44. The lowest BCUT2D eigenvalue weighted by Crippen LogP contribution is -2.21. The van der Waals surface area contributed by atoms with Gasteiger partial charge in [-0.3, -0.25) is 4.79 Å². The number of hydrogen-bond donors (Lipinski definition) is 1. The molecule has 0 saturated carbocycles. The van der Waals surface area contributed by atoms with Crippen molar-refractivity contribution in [2.45, 2.75) is 33.3 Å². The second-order valence-electron chi connectivity index (χ2n) is 7.67. The minimum absolute atomic E-state index is 0.282. The number of amides is 1. The first-order valence-corrected chi connectivity index (χ1v) is 10.3. The summed E-state index contributed by atoms with van der Waals surface area (Å²) in [6.45, 7) is 6.18. The van der Waals surface area contributed by atoms with E-state index < -0.39 is 11.9 Å². The van der Waals surface area contributed by atoms with Gasteiger partial charge in [0, 0.05) is 5.69 Å². The van der Waals surface area contributed by atoms with Gasteiger partial charge in [-0.05, 0) is 48.2 Å². The first kappa shape index (κ1) is 22.1. The Bertz CT molecular complexity index is 1040. The average Bonchev–Trinajstić information content (AvgIpc) is 2.76. The number of carbonyl (C=O) groups is 2. The molecule has 160 valence electrons. The Morgan fingerprint density at radius 2 is 1.68 bits per heavy atom. The molecule has 0 atom stereocenters. The maximum atomic E-state index is 12.5. The summed E-state index contributed by atoms with van der Waals surface area (Å²) in [5.74, 6) is -0.174. The molecule has 0 unspecified atom stereocenters. The van der Waals surface area contributed by atoms with Crippen LogP contribution in [0.4, 0.5) is 5.69 Å². The molecule has 5 heteroatoms. The van der Waals surface area contributed by atoms with Crippen LogP contribution in [0.25, 0.3) is 0 Å². The fraction of sp³-hybridized carbons (Fsp3) is 0.231. The largest absolute Gasteiger partial charge is 0.488 e. The summed E-state index contributed by atoms with van der Waals surface area (Å²) in [5.41, 5.74) is 4.27. The van der Waals surface area contributed by atoms with Crippen molar-refractivity contribution in [3.05, 3.63) is 95.1 Å². The molecule has 3 aromatic carbocycles. The molecule has 1 amide bonds. The van der Waals surface area contributed by atoms with Gasteiger partial charge in [0.15, 0.2) is 6.61 Å². The third-order valence-corrected chi connectivity index (χ3v) is 4.78. The predicted octanol–water partition coefficient (Wildman–Crippen LogP) is 5.49. The van der Waals surface area contributed by atoms with Crippen LogP contribution in [-0.2, 0) is 16.1 Å². The van der Waals surface area contributed by atoms with Crippen LogP contribution in [0.2, 0.25) is 0 Å². The maximum Gasteiger partial charge on any atom is 0.342 e. The van der Waals surface area contributed by atoms with Gasteiger partial charge < -0.3 is 14.8 Å². The summed E-state index contributed by atoms with van der Waals surface area (Å²) in [6.07, 6.45) is 0. The quantitative estimate of drug-likeness (QED) is 0.492. The molecule has 1 N–H and O–H groups in total. The highest BCUT2D eigenvalue weighted by Crippen LogP contribution is 2.21. The average molecular weight is 418 g/mol. The second kappa shape index (κ2) is 10.4. The van der Waals surface area contributed by atoms with Crippen LogP contribution in [-0.4, -0.2) is 18.5 Å². The van der Waals surface area contributed by atoms with Gasteiger partial charge in [0.2, 0.25) is 0 Å². The molecule has 0 radical (unpaired) electrons. The van der Waals surface area contributed by atoms with Gasteiger partial charge in [0.1, 0.15) is 17.9 Å². The maximum absolute atomic E-state index is 12.5. The molecule has 31 heavy (non-hydrogen) atoms. The fourth-order valence-corrected chi connectivity index (χ4v) is 3.08. The van der Waals surface area contributed by atoms with E-state index in [2.05, 4.69) is 19.2 Å². The Morgan fingerprint density at radius 1 is 0.935 bits per heavy atom. The highest BCUT2D eigenvalue weighted by Gasteiger charge is 2.15. The van der Waals surface area contributed by atoms with E-state index in [1.165, 1.54) is 5.56 Å². The van der Waals surface area contributed by atoms with E-state index in [0.29, 0.717) is 24.0 Å². The lowest BCUT2D eigenvalue weighted by molar-refractivity contribution is -0.119. The van der Waals surface area contributed by atoms with Crippen molar-refractivity contribution < 1.29 is 19.1 Å². The molecule has 0 saturated heterocycles. The molecule has 3 aromatic rings. The van der Waals surface area contributed by atoms with Crippen LogP contribution >= 0.6 is 0 Å². The first-order valence-electron chi connectivity index (χ1n) is 10.3. The Balaban J connectivity index is 1.56. The number of benzene rings is 3. The second-order valence-corrected chi connectivity index (χ2v) is 7.67. The normalized spacial score (nSPS) is 10.6. The standard InChI is InChI=1S/C26H27NO4/c1-18(2)21-11-13-22(14-12-21)27-25(28)17-31-26(29)23-9-4-5-10-24(23)30-16-20-8-6-7-19(3)15-20/h4-15,18H,16-17H2,1-3H3,(H,27,28). The van der Waals surface area contributed by atoms with E-state index in [1.54, 1.807) is 24.3 Å². The summed E-state index contributed by atoms with van der Waals surface area (Å²) < 4.78 is 11.0. The highest BCUT2D eigenvalue weighted by atomic mass is 16.5. The van der Waals surface area contributed by atoms with Crippen molar-refractivity contribution >= 4 is 17.6 Å². The number of aryl methyl sites for hydroxylation is 1. The van der Waals surface area contributed by atoms with E-state index >= 15 is 0 Å². The van der Waals surface area contributed by atoms with Crippen molar-refractivity contribution in [1.29, 1.82) is 0 Å². The predicted molar refractivity (Wildman–Crippen MR) is 121 cm³/mol. The number of anilines is 1. The molecular weight excluding hydrogens is 390 g/mol. The molecule has 0 bridgehead atoms. The van der Waals surface area contributed by atoms with Crippen molar-refractivity contribution in [3.63, 3.8) is 0 Å². The molecule has 0 aliphatic rings. The molecule has 0 heterocycles. The van der Waals surface area contributed by atoms with Crippen molar-refractivity contribution in [2.75, 3.05) is 11.9 Å². The summed E-state index contributed by atoms with van der Waals surface area (Å²) in [7, 11) is 0. The topological polar surface area (TPSA) is 64.6 Å². The molecule has 0 fully saturated rings. The Kier molecular flexibility index (Phi) is 7.44. The van der Waals surface area contributed by atoms with Crippen LogP contribution in [0.15, 0.2) is 72.8 Å². The fourth-order valence-electron chi connectivity index (χ4n) is 3.08. The molecule has 3 rings (SSSR count). The SMILES string of the molecule is Cc1cccc(COc2ccccc2C(=O)OCC(=O)Nc2ccc(C(C)C)cc2)c1. The van der Waals surface area contributed by atoms with Crippen LogP contribution in [0, 0.1) is 6.92 Å². The molecule has 0 aliphatic heterocycles. The van der Waals surface area contributed by atoms with Gasteiger partial charge in [0.05, 0.1) is 0 Å². The number of carbonyl (C=O) groups excluding carboxylic acids is 2. The Morgan fingerprint density at radius 3 is 2.39 bits per heavy atom. The summed E-state index contributed by atoms with van der Waals surface area (Å²) in [6, 6.07) is 22.4. The van der Waals surface area contributed by atoms with Gasteiger partial charge in [-0.15, -0.1) is 0 Å². The van der Waals surface area contributed by atoms with Crippen molar-refractivity contribution in [3.8, 4) is 5.75 Å². The van der Waals surface area contributed by atoms with E-state index in [1.807, 2.05) is 55.5 Å². The monoisotopic (exact) mass is 417 g/mol. The van der Waals surface area contributed by atoms with E-state index in [-0.39, 0.29) is 12.2 Å².